The Labute approximate surface area is 111 Å². The first-order chi connectivity index (χ1) is 8.45. The minimum Gasteiger partial charge on any atom is -0.479 e. The molecule has 18 heavy (non-hydrogen) atoms. The molecule has 0 aliphatic heterocycles. The van der Waals surface area contributed by atoms with Crippen LogP contribution in [0.1, 0.15) is 38.4 Å². The number of ether oxygens (including phenoxy) is 1. The molecule has 0 aliphatic rings. The van der Waals surface area contributed by atoms with Gasteiger partial charge in [-0.25, -0.2) is 4.79 Å². The zero-order chi connectivity index (χ0) is 13.7. The first-order valence-electron chi connectivity index (χ1n) is 5.82. The van der Waals surface area contributed by atoms with Crippen molar-refractivity contribution >= 4 is 17.6 Å². The summed E-state index contributed by atoms with van der Waals surface area (Å²) >= 11 is 5.84. The van der Waals surface area contributed by atoms with E-state index in [9.17, 15) is 9.90 Å². The van der Waals surface area contributed by atoms with Crippen LogP contribution in [0.4, 0.5) is 0 Å². The van der Waals surface area contributed by atoms with E-state index in [2.05, 4.69) is 0 Å². The number of benzene rings is 1. The SMILES string of the molecule is CCCC(Oc1ccc(Cl)cc1[C@H](C)O)C(=O)O. The second kappa shape index (κ2) is 6.61. The van der Waals surface area contributed by atoms with Crippen molar-refractivity contribution in [1.82, 2.24) is 0 Å². The molecule has 2 N–H and O–H groups in total. The van der Waals surface area contributed by atoms with Crippen molar-refractivity contribution in [1.29, 1.82) is 0 Å². The fourth-order valence-electron chi connectivity index (χ4n) is 1.60. The molecule has 0 aromatic heterocycles. The Morgan fingerprint density at radius 1 is 1.50 bits per heavy atom. The maximum atomic E-state index is 11.0. The molecule has 0 fully saturated rings. The number of rotatable bonds is 6. The minimum atomic E-state index is -1.01. The third-order valence-electron chi connectivity index (χ3n) is 2.52. The first-order valence-corrected chi connectivity index (χ1v) is 6.20. The minimum absolute atomic E-state index is 0.357. The number of hydrogen-bond donors (Lipinski definition) is 2. The Morgan fingerprint density at radius 3 is 2.67 bits per heavy atom. The third kappa shape index (κ3) is 3.89. The van der Waals surface area contributed by atoms with E-state index in [0.29, 0.717) is 29.2 Å². The van der Waals surface area contributed by atoms with Crippen LogP contribution in [0.15, 0.2) is 18.2 Å². The van der Waals surface area contributed by atoms with Gasteiger partial charge in [-0.3, -0.25) is 0 Å². The molecular formula is C13H17ClO4. The van der Waals surface area contributed by atoms with Gasteiger partial charge in [0.05, 0.1) is 6.10 Å². The molecule has 2 atom stereocenters. The first kappa shape index (κ1) is 14.8. The zero-order valence-electron chi connectivity index (χ0n) is 10.4. The highest BCUT2D eigenvalue weighted by molar-refractivity contribution is 6.30. The molecule has 1 aromatic rings. The maximum Gasteiger partial charge on any atom is 0.344 e. The van der Waals surface area contributed by atoms with E-state index >= 15 is 0 Å². The lowest BCUT2D eigenvalue weighted by Gasteiger charge is -2.18. The highest BCUT2D eigenvalue weighted by atomic mass is 35.5. The van der Waals surface area contributed by atoms with Crippen LogP contribution in [0, 0.1) is 0 Å². The molecule has 0 aliphatic carbocycles. The highest BCUT2D eigenvalue weighted by Crippen LogP contribution is 2.29. The average Bonchev–Trinajstić information content (AvgIpc) is 2.30. The van der Waals surface area contributed by atoms with Crippen molar-refractivity contribution in [2.45, 2.75) is 38.9 Å². The number of aliphatic hydroxyl groups is 1. The van der Waals surface area contributed by atoms with Gasteiger partial charge in [-0.15, -0.1) is 0 Å². The van der Waals surface area contributed by atoms with E-state index in [4.69, 9.17) is 21.4 Å². The summed E-state index contributed by atoms with van der Waals surface area (Å²) in [6.07, 6.45) is -0.561. The molecule has 0 bridgehead atoms. The van der Waals surface area contributed by atoms with Crippen molar-refractivity contribution < 1.29 is 19.7 Å². The zero-order valence-corrected chi connectivity index (χ0v) is 11.1. The smallest absolute Gasteiger partial charge is 0.344 e. The van der Waals surface area contributed by atoms with E-state index < -0.39 is 18.2 Å². The van der Waals surface area contributed by atoms with E-state index in [-0.39, 0.29) is 0 Å². The monoisotopic (exact) mass is 272 g/mol. The maximum absolute atomic E-state index is 11.0. The number of hydrogen-bond acceptors (Lipinski definition) is 3. The highest BCUT2D eigenvalue weighted by Gasteiger charge is 2.20. The molecule has 4 nitrogen and oxygen atoms in total. The quantitative estimate of drug-likeness (QED) is 0.835. The third-order valence-corrected chi connectivity index (χ3v) is 2.75. The van der Waals surface area contributed by atoms with Gasteiger partial charge in [-0.05, 0) is 31.5 Å². The lowest BCUT2D eigenvalue weighted by Crippen LogP contribution is -2.27. The Morgan fingerprint density at radius 2 is 2.17 bits per heavy atom. The number of halogens is 1. The van der Waals surface area contributed by atoms with Gasteiger partial charge >= 0.3 is 5.97 Å². The second-order valence-electron chi connectivity index (χ2n) is 4.09. The van der Waals surface area contributed by atoms with Gasteiger partial charge in [0.25, 0.3) is 0 Å². The van der Waals surface area contributed by atoms with E-state index in [1.807, 2.05) is 6.92 Å². The summed E-state index contributed by atoms with van der Waals surface area (Å²) in [6, 6.07) is 4.76. The summed E-state index contributed by atoms with van der Waals surface area (Å²) < 4.78 is 5.45. The summed E-state index contributed by atoms with van der Waals surface area (Å²) in [5.74, 6) is -0.654. The van der Waals surface area contributed by atoms with Crippen LogP contribution >= 0.6 is 11.6 Å². The van der Waals surface area contributed by atoms with Crippen LogP contribution in [0.3, 0.4) is 0 Å². The largest absolute Gasteiger partial charge is 0.479 e. The molecule has 0 heterocycles. The Hall–Kier alpha value is -1.26. The Balaban J connectivity index is 2.98. The van der Waals surface area contributed by atoms with E-state index in [1.54, 1.807) is 25.1 Å². The predicted molar refractivity (Wildman–Crippen MR) is 69.0 cm³/mol. The number of carboxylic acid groups (broad SMARTS) is 1. The number of aliphatic hydroxyl groups excluding tert-OH is 1. The van der Waals surface area contributed by atoms with Crippen molar-refractivity contribution in [3.63, 3.8) is 0 Å². The van der Waals surface area contributed by atoms with Gasteiger partial charge in [0, 0.05) is 10.6 Å². The number of carbonyl (C=O) groups is 1. The summed E-state index contributed by atoms with van der Waals surface area (Å²) in [4.78, 5) is 11.0. The molecule has 0 saturated carbocycles. The van der Waals surface area contributed by atoms with Crippen molar-refractivity contribution in [2.24, 2.45) is 0 Å². The molecule has 1 rings (SSSR count). The molecule has 100 valence electrons. The second-order valence-corrected chi connectivity index (χ2v) is 4.53. The molecule has 0 radical (unpaired) electrons. The number of carboxylic acids is 1. The van der Waals surface area contributed by atoms with E-state index in [0.717, 1.165) is 0 Å². The van der Waals surface area contributed by atoms with Crippen LogP contribution in [0.5, 0.6) is 5.75 Å². The van der Waals surface area contributed by atoms with Crippen LogP contribution in [-0.2, 0) is 4.79 Å². The standard InChI is InChI=1S/C13H17ClO4/c1-3-4-12(13(16)17)18-11-6-5-9(14)7-10(11)8(2)15/h5-8,12,15H,3-4H2,1-2H3,(H,16,17)/t8-,12?/m0/s1. The van der Waals surface area contributed by atoms with Crippen LogP contribution in [0.25, 0.3) is 0 Å². The molecular weight excluding hydrogens is 256 g/mol. The Bertz CT molecular complexity index is 417. The van der Waals surface area contributed by atoms with Crippen molar-refractivity contribution in [3.8, 4) is 5.75 Å². The Kier molecular flexibility index (Phi) is 5.44. The fraction of sp³-hybridized carbons (Fsp3) is 0.462. The van der Waals surface area contributed by atoms with Crippen molar-refractivity contribution in [2.75, 3.05) is 0 Å². The van der Waals surface area contributed by atoms with Crippen molar-refractivity contribution in [3.05, 3.63) is 28.8 Å². The summed E-state index contributed by atoms with van der Waals surface area (Å²) in [7, 11) is 0. The average molecular weight is 273 g/mol. The molecule has 0 amide bonds. The summed E-state index contributed by atoms with van der Waals surface area (Å²) in [6.45, 7) is 3.46. The number of aliphatic carboxylic acids is 1. The molecule has 0 spiro atoms. The van der Waals surface area contributed by atoms with Crippen LogP contribution < -0.4 is 4.74 Å². The van der Waals surface area contributed by atoms with Gasteiger partial charge in [0.15, 0.2) is 6.10 Å². The summed E-state index contributed by atoms with van der Waals surface area (Å²) in [5.41, 5.74) is 0.491. The van der Waals surface area contributed by atoms with Gasteiger partial charge < -0.3 is 14.9 Å². The van der Waals surface area contributed by atoms with Gasteiger partial charge in [-0.1, -0.05) is 24.9 Å². The molecule has 5 heteroatoms. The van der Waals surface area contributed by atoms with Gasteiger partial charge in [0.2, 0.25) is 0 Å². The van der Waals surface area contributed by atoms with Crippen LogP contribution in [0.2, 0.25) is 5.02 Å². The van der Waals surface area contributed by atoms with E-state index in [1.165, 1.54) is 0 Å². The molecule has 0 saturated heterocycles. The lowest BCUT2D eigenvalue weighted by atomic mass is 10.1. The normalized spacial score (nSPS) is 14.0. The lowest BCUT2D eigenvalue weighted by molar-refractivity contribution is -0.145. The van der Waals surface area contributed by atoms with Gasteiger partial charge in [-0.2, -0.15) is 0 Å². The topological polar surface area (TPSA) is 66.8 Å². The predicted octanol–water partition coefficient (Wildman–Crippen LogP) is 3.03. The summed E-state index contributed by atoms with van der Waals surface area (Å²) in [5, 5.41) is 19.1. The van der Waals surface area contributed by atoms with Crippen LogP contribution in [-0.4, -0.2) is 22.3 Å². The fourth-order valence-corrected chi connectivity index (χ4v) is 1.78. The molecule has 1 unspecified atom stereocenters. The molecule has 1 aromatic carbocycles. The van der Waals surface area contributed by atoms with Gasteiger partial charge in [0.1, 0.15) is 5.75 Å².